The zero-order valence-electron chi connectivity index (χ0n) is 18.7. The highest BCUT2D eigenvalue weighted by Crippen LogP contribution is 2.27. The van der Waals surface area contributed by atoms with E-state index in [0.717, 1.165) is 16.9 Å². The number of aryl methyl sites for hydroxylation is 1. The van der Waals surface area contributed by atoms with Crippen LogP contribution in [0.3, 0.4) is 0 Å². The van der Waals surface area contributed by atoms with Gasteiger partial charge < -0.3 is 14.5 Å². The lowest BCUT2D eigenvalue weighted by atomic mass is 10.2. The van der Waals surface area contributed by atoms with Crippen LogP contribution in [0.4, 0.5) is 16.9 Å². The first-order valence-electron chi connectivity index (χ1n) is 10.3. The predicted octanol–water partition coefficient (Wildman–Crippen LogP) is 3.08. The highest BCUT2D eigenvalue weighted by atomic mass is 32.2. The summed E-state index contributed by atoms with van der Waals surface area (Å²) in [5.74, 6) is 0.666. The van der Waals surface area contributed by atoms with Crippen molar-refractivity contribution < 1.29 is 22.4 Å². The van der Waals surface area contributed by atoms with E-state index in [4.69, 9.17) is 14.3 Å². The number of rotatable bonds is 9. The number of oxazole rings is 1. The first-order valence-corrected chi connectivity index (χ1v) is 12.6. The van der Waals surface area contributed by atoms with Crippen LogP contribution in [0.1, 0.15) is 27.9 Å². The SMILES string of the molecule is CCOC(=O)c1sc(Nc2nc(NCc3ccc(S(N)(=O)=O)cc3)cc(-c3cnco3)n2)nc1C. The lowest BCUT2D eigenvalue weighted by molar-refractivity contribution is 0.0531. The number of hydrogen-bond acceptors (Lipinski definition) is 12. The number of anilines is 3. The molecule has 0 atom stereocenters. The van der Waals surface area contributed by atoms with Crippen LogP contribution in [0, 0.1) is 6.92 Å². The smallest absolute Gasteiger partial charge is 0.350 e. The molecule has 0 spiro atoms. The van der Waals surface area contributed by atoms with Gasteiger partial charge in [-0.3, -0.25) is 5.32 Å². The Hall–Kier alpha value is -3.88. The fourth-order valence-electron chi connectivity index (χ4n) is 2.98. The van der Waals surface area contributed by atoms with Gasteiger partial charge in [-0.25, -0.2) is 33.3 Å². The molecule has 35 heavy (non-hydrogen) atoms. The average molecular weight is 516 g/mol. The summed E-state index contributed by atoms with van der Waals surface area (Å²) < 4.78 is 33.3. The summed E-state index contributed by atoms with van der Waals surface area (Å²) in [5.41, 5.74) is 1.80. The lowest BCUT2D eigenvalue weighted by Gasteiger charge is -2.10. The number of esters is 1. The Morgan fingerprint density at radius 3 is 2.63 bits per heavy atom. The number of nitrogens with one attached hydrogen (secondary N) is 2. The number of hydrogen-bond donors (Lipinski definition) is 3. The summed E-state index contributed by atoms with van der Waals surface area (Å²) in [5, 5.41) is 11.8. The monoisotopic (exact) mass is 515 g/mol. The summed E-state index contributed by atoms with van der Waals surface area (Å²) in [4.78, 5) is 29.8. The number of nitrogens with zero attached hydrogens (tertiary/aromatic N) is 4. The topological polar surface area (TPSA) is 175 Å². The number of ether oxygens (including phenoxy) is 1. The van der Waals surface area contributed by atoms with Crippen LogP contribution >= 0.6 is 11.3 Å². The highest BCUT2D eigenvalue weighted by Gasteiger charge is 2.18. The quantitative estimate of drug-likeness (QED) is 0.279. The molecule has 0 aliphatic carbocycles. The predicted molar refractivity (Wildman–Crippen MR) is 129 cm³/mol. The van der Waals surface area contributed by atoms with Crippen LogP contribution in [-0.4, -0.2) is 40.9 Å². The van der Waals surface area contributed by atoms with Gasteiger partial charge in [0.25, 0.3) is 0 Å². The maximum absolute atomic E-state index is 12.1. The Morgan fingerprint density at radius 1 is 1.20 bits per heavy atom. The molecule has 0 amide bonds. The van der Waals surface area contributed by atoms with Gasteiger partial charge in [-0.05, 0) is 31.5 Å². The maximum atomic E-state index is 12.1. The van der Waals surface area contributed by atoms with E-state index >= 15 is 0 Å². The van der Waals surface area contributed by atoms with Crippen LogP contribution in [0.2, 0.25) is 0 Å². The van der Waals surface area contributed by atoms with Crippen LogP contribution in [0.15, 0.2) is 52.2 Å². The van der Waals surface area contributed by atoms with Crippen LogP contribution in [0.25, 0.3) is 11.5 Å². The number of carbonyl (C=O) groups excluding carboxylic acids is 1. The molecular formula is C21H21N7O5S2. The van der Waals surface area contributed by atoms with E-state index in [9.17, 15) is 13.2 Å². The summed E-state index contributed by atoms with van der Waals surface area (Å²) in [6.07, 6.45) is 2.81. The largest absolute Gasteiger partial charge is 0.462 e. The summed E-state index contributed by atoms with van der Waals surface area (Å²) in [6, 6.07) is 7.86. The molecule has 0 unspecified atom stereocenters. The minimum Gasteiger partial charge on any atom is -0.462 e. The van der Waals surface area contributed by atoms with Gasteiger partial charge in [0.15, 0.2) is 17.3 Å². The number of primary sulfonamides is 1. The van der Waals surface area contributed by atoms with Gasteiger partial charge in [-0.1, -0.05) is 23.5 Å². The van der Waals surface area contributed by atoms with Gasteiger partial charge in [0.2, 0.25) is 16.0 Å². The van der Waals surface area contributed by atoms with E-state index in [-0.39, 0.29) is 17.5 Å². The van der Waals surface area contributed by atoms with Crippen molar-refractivity contribution in [3.8, 4) is 11.5 Å². The summed E-state index contributed by atoms with van der Waals surface area (Å²) in [7, 11) is -3.76. The fraction of sp³-hybridized carbons (Fsp3) is 0.190. The van der Waals surface area contributed by atoms with Crippen LogP contribution in [-0.2, 0) is 21.3 Å². The number of benzene rings is 1. The van der Waals surface area contributed by atoms with Crippen molar-refractivity contribution in [3.05, 3.63) is 59.1 Å². The Labute approximate surface area is 204 Å². The summed E-state index contributed by atoms with van der Waals surface area (Å²) in [6.45, 7) is 4.06. The Balaban J connectivity index is 1.57. The van der Waals surface area contributed by atoms with Gasteiger partial charge in [0.05, 0.1) is 23.4 Å². The maximum Gasteiger partial charge on any atom is 0.350 e. The molecule has 0 saturated carbocycles. The number of nitrogens with two attached hydrogens (primary N) is 1. The molecule has 14 heteroatoms. The number of sulfonamides is 1. The third-order valence-electron chi connectivity index (χ3n) is 4.61. The van der Waals surface area contributed by atoms with Crippen LogP contribution < -0.4 is 15.8 Å². The molecule has 0 bridgehead atoms. The van der Waals surface area contributed by atoms with Crippen molar-refractivity contribution >= 4 is 44.2 Å². The first kappa shape index (κ1) is 24.3. The van der Waals surface area contributed by atoms with Crippen molar-refractivity contribution in [2.24, 2.45) is 5.14 Å². The fourth-order valence-corrected chi connectivity index (χ4v) is 4.35. The van der Waals surface area contributed by atoms with Crippen molar-refractivity contribution in [2.75, 3.05) is 17.2 Å². The minimum atomic E-state index is -3.76. The molecule has 1 aromatic carbocycles. The first-order chi connectivity index (χ1) is 16.7. The third-order valence-corrected chi connectivity index (χ3v) is 6.59. The van der Waals surface area contributed by atoms with Gasteiger partial charge in [-0.15, -0.1) is 0 Å². The van der Waals surface area contributed by atoms with E-state index in [0.29, 0.717) is 39.5 Å². The standard InChI is InChI=1S/C21H21N7O5S2/c1-3-32-19(29)18-12(2)25-21(34-18)28-20-26-15(16-10-23-11-33-16)8-17(27-20)24-9-13-4-6-14(7-5-13)35(22,30)31/h4-8,10-11H,3,9H2,1-2H3,(H2,22,30,31)(H2,24,25,26,27,28). The molecule has 4 N–H and O–H groups in total. The molecule has 3 heterocycles. The van der Waals surface area contributed by atoms with Gasteiger partial charge in [0, 0.05) is 12.6 Å². The van der Waals surface area contributed by atoms with Crippen LogP contribution in [0.5, 0.6) is 0 Å². The van der Waals surface area contributed by atoms with Crippen molar-refractivity contribution in [3.63, 3.8) is 0 Å². The molecule has 3 aromatic heterocycles. The molecule has 0 saturated heterocycles. The average Bonchev–Trinajstić information content (AvgIpc) is 3.47. The third kappa shape index (κ3) is 5.98. The normalized spacial score (nSPS) is 11.3. The van der Waals surface area contributed by atoms with E-state index in [1.54, 1.807) is 32.0 Å². The number of aromatic nitrogens is 4. The van der Waals surface area contributed by atoms with E-state index in [2.05, 4.69) is 30.6 Å². The van der Waals surface area contributed by atoms with Gasteiger partial charge in [0.1, 0.15) is 16.4 Å². The van der Waals surface area contributed by atoms with E-state index in [1.807, 2.05) is 0 Å². The van der Waals surface area contributed by atoms with E-state index in [1.165, 1.54) is 24.7 Å². The zero-order chi connectivity index (χ0) is 25.0. The second-order valence-electron chi connectivity index (χ2n) is 7.15. The molecule has 0 fully saturated rings. The second kappa shape index (κ2) is 10.2. The second-order valence-corrected chi connectivity index (χ2v) is 9.71. The Kier molecular flexibility index (Phi) is 7.04. The Morgan fingerprint density at radius 2 is 1.97 bits per heavy atom. The zero-order valence-corrected chi connectivity index (χ0v) is 20.3. The molecule has 0 aliphatic rings. The molecule has 4 rings (SSSR count). The highest BCUT2D eigenvalue weighted by molar-refractivity contribution is 7.89. The summed E-state index contributed by atoms with van der Waals surface area (Å²) >= 11 is 1.13. The lowest BCUT2D eigenvalue weighted by Crippen LogP contribution is -2.12. The molecule has 0 radical (unpaired) electrons. The van der Waals surface area contributed by atoms with Crippen molar-refractivity contribution in [1.82, 2.24) is 19.9 Å². The molecule has 0 aliphatic heterocycles. The van der Waals surface area contributed by atoms with Gasteiger partial charge >= 0.3 is 5.97 Å². The Bertz CT molecular complexity index is 1440. The number of thiazole rings is 1. The number of carbonyl (C=O) groups is 1. The molecule has 12 nitrogen and oxygen atoms in total. The molecule has 4 aromatic rings. The van der Waals surface area contributed by atoms with Crippen molar-refractivity contribution in [2.45, 2.75) is 25.3 Å². The van der Waals surface area contributed by atoms with E-state index < -0.39 is 16.0 Å². The molecule has 182 valence electrons. The minimum absolute atomic E-state index is 0.0308. The van der Waals surface area contributed by atoms with Gasteiger partial charge in [-0.2, -0.15) is 4.98 Å². The molecular weight excluding hydrogens is 494 g/mol. The van der Waals surface area contributed by atoms with Crippen molar-refractivity contribution in [1.29, 1.82) is 0 Å².